The summed E-state index contributed by atoms with van der Waals surface area (Å²) in [5.74, 6) is 1.62. The molecule has 27 heavy (non-hydrogen) atoms. The van der Waals surface area contributed by atoms with Crippen molar-refractivity contribution in [3.05, 3.63) is 52.3 Å². The number of halogens is 1. The van der Waals surface area contributed by atoms with E-state index >= 15 is 0 Å². The molecule has 1 aromatic heterocycles. The highest BCUT2D eigenvalue weighted by molar-refractivity contribution is 5.85. The molecule has 0 unspecified atom stereocenters. The summed E-state index contributed by atoms with van der Waals surface area (Å²) >= 11 is 0. The van der Waals surface area contributed by atoms with Crippen LogP contribution in [0.5, 0.6) is 17.2 Å². The molecule has 0 fully saturated rings. The van der Waals surface area contributed by atoms with Gasteiger partial charge in [0.2, 0.25) is 11.6 Å². The van der Waals surface area contributed by atoms with Crippen LogP contribution in [-0.2, 0) is 0 Å². The largest absolute Gasteiger partial charge is 0.493 e. The molecule has 0 saturated heterocycles. The monoisotopic (exact) mass is 390 g/mol. The molecule has 0 aliphatic heterocycles. The van der Waals surface area contributed by atoms with Crippen LogP contribution >= 0.6 is 12.4 Å². The average Bonchev–Trinajstić information content (AvgIpc) is 2.67. The van der Waals surface area contributed by atoms with Crippen LogP contribution in [0.25, 0.3) is 11.0 Å². The van der Waals surface area contributed by atoms with E-state index < -0.39 is 0 Å². The highest BCUT2D eigenvalue weighted by Gasteiger charge is 2.12. The fourth-order valence-electron chi connectivity index (χ4n) is 2.45. The van der Waals surface area contributed by atoms with Crippen LogP contribution in [-0.4, -0.2) is 37.5 Å². The zero-order chi connectivity index (χ0) is 18.5. The van der Waals surface area contributed by atoms with Gasteiger partial charge in [0.25, 0.3) is 5.56 Å². The van der Waals surface area contributed by atoms with Crippen molar-refractivity contribution in [1.82, 2.24) is 9.97 Å². The van der Waals surface area contributed by atoms with E-state index in [-0.39, 0.29) is 23.8 Å². The molecule has 0 amide bonds. The SMILES string of the molecule is COc1cc(C=NNc2nc3ccccc3[nH]c2=O)cc(OC)c1OC.Cl. The van der Waals surface area contributed by atoms with E-state index in [0.29, 0.717) is 33.8 Å². The summed E-state index contributed by atoms with van der Waals surface area (Å²) in [4.78, 5) is 19.1. The van der Waals surface area contributed by atoms with Crippen molar-refractivity contribution in [2.24, 2.45) is 5.10 Å². The van der Waals surface area contributed by atoms with Gasteiger partial charge in [-0.1, -0.05) is 12.1 Å². The van der Waals surface area contributed by atoms with Crippen LogP contribution in [0, 0.1) is 0 Å². The Kier molecular flexibility index (Phi) is 6.62. The molecule has 0 bridgehead atoms. The van der Waals surface area contributed by atoms with Gasteiger partial charge in [0.05, 0.1) is 38.6 Å². The fraction of sp³-hybridized carbons (Fsp3) is 0.167. The number of nitrogens with one attached hydrogen (secondary N) is 2. The van der Waals surface area contributed by atoms with Gasteiger partial charge < -0.3 is 19.2 Å². The first kappa shape index (κ1) is 20.1. The summed E-state index contributed by atoms with van der Waals surface area (Å²) in [5, 5.41) is 4.08. The fourth-order valence-corrected chi connectivity index (χ4v) is 2.45. The first-order valence-electron chi connectivity index (χ1n) is 7.74. The Bertz CT molecular complexity index is 995. The molecule has 1 heterocycles. The van der Waals surface area contributed by atoms with Crippen molar-refractivity contribution < 1.29 is 14.2 Å². The number of hydrogen-bond acceptors (Lipinski definition) is 7. The number of hydrogen-bond donors (Lipinski definition) is 2. The maximum Gasteiger partial charge on any atom is 0.293 e. The van der Waals surface area contributed by atoms with Gasteiger partial charge in [0.15, 0.2) is 11.5 Å². The minimum absolute atomic E-state index is 0. The Balaban J connectivity index is 0.00000261. The lowest BCUT2D eigenvalue weighted by atomic mass is 10.2. The number of aromatic nitrogens is 2. The summed E-state index contributed by atoms with van der Waals surface area (Å²) in [6.07, 6.45) is 1.53. The lowest BCUT2D eigenvalue weighted by Gasteiger charge is -2.12. The highest BCUT2D eigenvalue weighted by Crippen LogP contribution is 2.37. The van der Waals surface area contributed by atoms with Gasteiger partial charge in [-0.15, -0.1) is 12.4 Å². The van der Waals surface area contributed by atoms with Crippen molar-refractivity contribution in [2.45, 2.75) is 0 Å². The number of methoxy groups -OCH3 is 3. The number of rotatable bonds is 6. The van der Waals surface area contributed by atoms with Gasteiger partial charge in [-0.25, -0.2) is 4.98 Å². The van der Waals surface area contributed by atoms with Crippen LogP contribution in [0.4, 0.5) is 5.82 Å². The number of hydrazone groups is 1. The van der Waals surface area contributed by atoms with E-state index in [1.54, 1.807) is 24.3 Å². The third kappa shape index (κ3) is 4.29. The number of H-pyrrole nitrogens is 1. The molecule has 9 heteroatoms. The molecular formula is C18H19ClN4O4. The van der Waals surface area contributed by atoms with Crippen LogP contribution in [0.1, 0.15) is 5.56 Å². The minimum atomic E-state index is -0.356. The molecule has 3 rings (SSSR count). The Morgan fingerprint density at radius 1 is 1.07 bits per heavy atom. The summed E-state index contributed by atoms with van der Waals surface area (Å²) in [7, 11) is 4.61. The normalized spacial score (nSPS) is 10.5. The number of anilines is 1. The summed E-state index contributed by atoms with van der Waals surface area (Å²) in [6.45, 7) is 0. The number of ether oxygens (including phenoxy) is 3. The van der Waals surface area contributed by atoms with Crippen molar-refractivity contribution >= 4 is 35.5 Å². The zero-order valence-electron chi connectivity index (χ0n) is 15.0. The quantitative estimate of drug-likeness (QED) is 0.496. The topological polar surface area (TPSA) is 97.8 Å². The third-order valence-corrected chi connectivity index (χ3v) is 3.67. The molecular weight excluding hydrogens is 372 g/mol. The van der Waals surface area contributed by atoms with Crippen LogP contribution in [0.2, 0.25) is 0 Å². The Labute approximate surface area is 161 Å². The van der Waals surface area contributed by atoms with Gasteiger partial charge >= 0.3 is 0 Å². The first-order valence-corrected chi connectivity index (χ1v) is 7.74. The Hall–Kier alpha value is -3.26. The zero-order valence-corrected chi connectivity index (χ0v) is 15.8. The maximum atomic E-state index is 12.0. The number of fused-ring (bicyclic) bond motifs is 1. The second-order valence-corrected chi connectivity index (χ2v) is 5.26. The molecule has 0 radical (unpaired) electrons. The number of benzene rings is 2. The summed E-state index contributed by atoms with van der Waals surface area (Å²) < 4.78 is 15.9. The standard InChI is InChI=1S/C18H18N4O4.ClH/c1-24-14-8-11(9-15(25-2)16(14)26-3)10-19-22-17-18(23)21-13-7-5-4-6-12(13)20-17;/h4-10H,1-3H3,(H,20,22)(H,21,23);1H. The van der Waals surface area contributed by atoms with Crippen LogP contribution in [0.3, 0.4) is 0 Å². The van der Waals surface area contributed by atoms with Crippen molar-refractivity contribution in [3.8, 4) is 17.2 Å². The van der Waals surface area contributed by atoms with Crippen molar-refractivity contribution in [1.29, 1.82) is 0 Å². The molecule has 0 spiro atoms. The molecule has 0 aliphatic rings. The highest BCUT2D eigenvalue weighted by atomic mass is 35.5. The van der Waals surface area contributed by atoms with E-state index in [0.717, 1.165) is 0 Å². The molecule has 0 aliphatic carbocycles. The number of aromatic amines is 1. The Morgan fingerprint density at radius 3 is 2.37 bits per heavy atom. The van der Waals surface area contributed by atoms with Gasteiger partial charge in [-0.05, 0) is 24.3 Å². The van der Waals surface area contributed by atoms with Gasteiger partial charge in [0, 0.05) is 5.56 Å². The summed E-state index contributed by atoms with van der Waals surface area (Å²) in [5.41, 5.74) is 4.33. The lowest BCUT2D eigenvalue weighted by molar-refractivity contribution is 0.324. The van der Waals surface area contributed by atoms with E-state index in [1.807, 2.05) is 12.1 Å². The van der Waals surface area contributed by atoms with E-state index in [1.165, 1.54) is 27.5 Å². The second kappa shape index (κ2) is 8.91. The third-order valence-electron chi connectivity index (χ3n) is 3.67. The van der Waals surface area contributed by atoms with E-state index in [4.69, 9.17) is 14.2 Å². The second-order valence-electron chi connectivity index (χ2n) is 5.26. The van der Waals surface area contributed by atoms with Crippen LogP contribution < -0.4 is 25.2 Å². The molecule has 2 aromatic carbocycles. The predicted octanol–water partition coefficient (Wildman–Crippen LogP) is 2.82. The lowest BCUT2D eigenvalue weighted by Crippen LogP contribution is -2.13. The minimum Gasteiger partial charge on any atom is -0.493 e. The van der Waals surface area contributed by atoms with Gasteiger partial charge in [0.1, 0.15) is 0 Å². The summed E-state index contributed by atoms with van der Waals surface area (Å²) in [6, 6.07) is 10.7. The average molecular weight is 391 g/mol. The van der Waals surface area contributed by atoms with E-state index in [2.05, 4.69) is 20.5 Å². The smallest absolute Gasteiger partial charge is 0.293 e. The van der Waals surface area contributed by atoms with Crippen LogP contribution in [0.15, 0.2) is 46.3 Å². The van der Waals surface area contributed by atoms with E-state index in [9.17, 15) is 4.79 Å². The molecule has 0 atom stereocenters. The Morgan fingerprint density at radius 2 is 1.74 bits per heavy atom. The number of nitrogens with zero attached hydrogens (tertiary/aromatic N) is 2. The van der Waals surface area contributed by atoms with Crippen molar-refractivity contribution in [3.63, 3.8) is 0 Å². The number of para-hydroxylation sites is 2. The molecule has 142 valence electrons. The van der Waals surface area contributed by atoms with Gasteiger partial charge in [-0.2, -0.15) is 5.10 Å². The molecule has 2 N–H and O–H groups in total. The van der Waals surface area contributed by atoms with Gasteiger partial charge in [-0.3, -0.25) is 10.2 Å². The first-order chi connectivity index (χ1) is 12.7. The van der Waals surface area contributed by atoms with Crippen molar-refractivity contribution in [2.75, 3.05) is 26.8 Å². The molecule has 3 aromatic rings. The predicted molar refractivity (Wildman–Crippen MR) is 107 cm³/mol. The maximum absolute atomic E-state index is 12.0. The molecule has 8 nitrogen and oxygen atoms in total. The molecule has 0 saturated carbocycles.